The van der Waals surface area contributed by atoms with Gasteiger partial charge in [0.15, 0.2) is 5.82 Å². The van der Waals surface area contributed by atoms with E-state index in [1.165, 1.54) is 31.2 Å². The highest BCUT2D eigenvalue weighted by Crippen LogP contribution is 2.36. The molecule has 2 aromatic heterocycles. The van der Waals surface area contributed by atoms with Crippen LogP contribution in [0.4, 0.5) is 5.69 Å². The molecule has 9 nitrogen and oxygen atoms in total. The molecule has 0 aliphatic heterocycles. The van der Waals surface area contributed by atoms with Gasteiger partial charge in [-0.25, -0.2) is 0 Å². The number of nitrogens with zero attached hydrogens (tertiary/aromatic N) is 4. The van der Waals surface area contributed by atoms with Gasteiger partial charge in [-0.1, -0.05) is 41.9 Å². The Kier molecular flexibility index (Phi) is 6.18. The maximum Gasteiger partial charge on any atom is 0.274 e. The fraction of sp³-hybridized carbons (Fsp3) is 0.0909. The molecular formula is C22H18ClN5O4. The van der Waals surface area contributed by atoms with E-state index in [1.54, 1.807) is 24.3 Å². The molecule has 0 atom stereocenters. The number of furan rings is 1. The lowest BCUT2D eigenvalue weighted by Crippen LogP contribution is -2.19. The van der Waals surface area contributed by atoms with Gasteiger partial charge < -0.3 is 19.2 Å². The van der Waals surface area contributed by atoms with Gasteiger partial charge in [0.05, 0.1) is 31.2 Å². The molecule has 0 spiro atoms. The summed E-state index contributed by atoms with van der Waals surface area (Å²) in [5.74, 6) is 1.12. The highest BCUT2D eigenvalue weighted by molar-refractivity contribution is 6.33. The molecule has 2 aromatic carbocycles. The van der Waals surface area contributed by atoms with Crippen molar-refractivity contribution in [1.82, 2.24) is 20.2 Å². The second-order valence-electron chi connectivity index (χ2n) is 6.47. The topological polar surface area (TPSA) is 104 Å². The van der Waals surface area contributed by atoms with Crippen molar-refractivity contribution in [2.24, 2.45) is 0 Å². The van der Waals surface area contributed by atoms with Gasteiger partial charge in [-0.15, -0.1) is 5.10 Å². The van der Waals surface area contributed by atoms with Gasteiger partial charge >= 0.3 is 0 Å². The first-order valence-corrected chi connectivity index (χ1v) is 9.80. The van der Waals surface area contributed by atoms with Crippen LogP contribution in [0.3, 0.4) is 0 Å². The van der Waals surface area contributed by atoms with Crippen LogP contribution < -0.4 is 14.8 Å². The molecule has 0 bridgehead atoms. The Morgan fingerprint density at radius 1 is 1.09 bits per heavy atom. The lowest BCUT2D eigenvalue weighted by atomic mass is 10.2. The normalized spacial score (nSPS) is 11.3. The fourth-order valence-electron chi connectivity index (χ4n) is 2.99. The first kappa shape index (κ1) is 21.1. The predicted octanol–water partition coefficient (Wildman–Crippen LogP) is 4.24. The minimum atomic E-state index is -0.509. The Labute approximate surface area is 188 Å². The van der Waals surface area contributed by atoms with Crippen molar-refractivity contribution < 1.29 is 18.7 Å². The van der Waals surface area contributed by atoms with Gasteiger partial charge in [-0.3, -0.25) is 4.79 Å². The zero-order valence-corrected chi connectivity index (χ0v) is 17.9. The summed E-state index contributed by atoms with van der Waals surface area (Å²) >= 11 is 6.24. The highest BCUT2D eigenvalue weighted by atomic mass is 35.5. The molecule has 0 aliphatic rings. The summed E-state index contributed by atoms with van der Waals surface area (Å²) in [6.45, 7) is 0. The number of benzene rings is 2. The number of aromatic nitrogens is 4. The first-order valence-electron chi connectivity index (χ1n) is 9.43. The Morgan fingerprint density at radius 2 is 1.88 bits per heavy atom. The van der Waals surface area contributed by atoms with Crippen LogP contribution in [-0.4, -0.2) is 40.3 Å². The molecule has 0 unspecified atom stereocenters. The van der Waals surface area contributed by atoms with Crippen LogP contribution in [0.15, 0.2) is 65.3 Å². The van der Waals surface area contributed by atoms with Crippen molar-refractivity contribution in [3.05, 3.63) is 71.6 Å². The van der Waals surface area contributed by atoms with Gasteiger partial charge in [-0.2, -0.15) is 4.68 Å². The number of halogens is 1. The van der Waals surface area contributed by atoms with E-state index in [0.717, 1.165) is 5.56 Å². The minimum Gasteiger partial charge on any atom is -0.495 e. The van der Waals surface area contributed by atoms with Gasteiger partial charge in [0.25, 0.3) is 5.91 Å². The van der Waals surface area contributed by atoms with Crippen LogP contribution in [0.2, 0.25) is 5.02 Å². The third-order valence-corrected chi connectivity index (χ3v) is 4.80. The van der Waals surface area contributed by atoms with Crippen molar-refractivity contribution in [3.8, 4) is 22.9 Å². The van der Waals surface area contributed by atoms with E-state index in [-0.39, 0.29) is 5.70 Å². The van der Waals surface area contributed by atoms with Crippen LogP contribution >= 0.6 is 11.6 Å². The Balaban J connectivity index is 1.76. The third kappa shape index (κ3) is 4.33. The minimum absolute atomic E-state index is 0.123. The number of ether oxygens (including phenoxy) is 2. The zero-order chi connectivity index (χ0) is 22.5. The lowest BCUT2D eigenvalue weighted by Gasteiger charge is -2.14. The molecule has 4 rings (SSSR count). The number of tetrazole rings is 1. The summed E-state index contributed by atoms with van der Waals surface area (Å²) < 4.78 is 17.3. The van der Waals surface area contributed by atoms with Gasteiger partial charge in [0.1, 0.15) is 23.0 Å². The molecule has 0 aliphatic carbocycles. The molecule has 0 saturated carbocycles. The van der Waals surface area contributed by atoms with Crippen molar-refractivity contribution in [3.63, 3.8) is 0 Å². The Hall–Kier alpha value is -4.11. The number of rotatable bonds is 7. The lowest BCUT2D eigenvalue weighted by molar-refractivity contribution is -0.111. The average molecular weight is 452 g/mol. The molecule has 162 valence electrons. The predicted molar refractivity (Wildman–Crippen MR) is 119 cm³/mol. The molecule has 1 amide bonds. The average Bonchev–Trinajstić information content (AvgIpc) is 3.50. The maximum absolute atomic E-state index is 13.4. The second kappa shape index (κ2) is 9.36. The smallest absolute Gasteiger partial charge is 0.274 e. The number of methoxy groups -OCH3 is 2. The van der Waals surface area contributed by atoms with E-state index in [4.69, 9.17) is 25.5 Å². The van der Waals surface area contributed by atoms with Gasteiger partial charge in [0, 0.05) is 17.7 Å². The van der Waals surface area contributed by atoms with E-state index in [1.807, 2.05) is 30.3 Å². The van der Waals surface area contributed by atoms with Gasteiger partial charge in [0.2, 0.25) is 0 Å². The number of hydrogen-bond donors (Lipinski definition) is 1. The summed E-state index contributed by atoms with van der Waals surface area (Å²) in [6, 6.07) is 15.8. The van der Waals surface area contributed by atoms with Gasteiger partial charge in [-0.05, 0) is 28.6 Å². The zero-order valence-electron chi connectivity index (χ0n) is 17.2. The van der Waals surface area contributed by atoms with Crippen LogP contribution in [0.5, 0.6) is 11.5 Å². The van der Waals surface area contributed by atoms with Crippen LogP contribution in [0.1, 0.15) is 5.76 Å². The molecule has 2 heterocycles. The number of amides is 1. The van der Waals surface area contributed by atoms with E-state index >= 15 is 0 Å². The molecule has 0 radical (unpaired) electrons. The molecule has 32 heavy (non-hydrogen) atoms. The summed E-state index contributed by atoms with van der Waals surface area (Å²) in [4.78, 5) is 13.4. The molecule has 10 heteroatoms. The molecule has 1 N–H and O–H groups in total. The van der Waals surface area contributed by atoms with Crippen LogP contribution in [0, 0.1) is 0 Å². The standard InChI is InChI=1S/C22H18ClN5O4/c1-30-19-13-20(31-2)17(12-16(19)23)24-22(29)18(11-15-9-6-10-32-15)28-21(25-26-27-28)14-7-4-3-5-8-14/h3-13H,1-2H3,(H,24,29)/b18-11-. The number of carbonyl (C=O) groups is 1. The maximum atomic E-state index is 13.4. The monoisotopic (exact) mass is 451 g/mol. The van der Waals surface area contributed by atoms with Crippen LogP contribution in [-0.2, 0) is 4.79 Å². The first-order chi connectivity index (χ1) is 15.6. The third-order valence-electron chi connectivity index (χ3n) is 4.51. The summed E-state index contributed by atoms with van der Waals surface area (Å²) in [5.41, 5.74) is 1.21. The summed E-state index contributed by atoms with van der Waals surface area (Å²) in [5, 5.41) is 15.0. The van der Waals surface area contributed by atoms with E-state index in [2.05, 4.69) is 20.8 Å². The Bertz CT molecular complexity index is 1250. The van der Waals surface area contributed by atoms with E-state index in [0.29, 0.717) is 33.8 Å². The fourth-order valence-corrected chi connectivity index (χ4v) is 3.23. The molecular weight excluding hydrogens is 434 g/mol. The van der Waals surface area contributed by atoms with E-state index < -0.39 is 5.91 Å². The van der Waals surface area contributed by atoms with Crippen molar-refractivity contribution >= 4 is 35.0 Å². The van der Waals surface area contributed by atoms with E-state index in [9.17, 15) is 4.79 Å². The van der Waals surface area contributed by atoms with Crippen LogP contribution in [0.25, 0.3) is 23.2 Å². The number of anilines is 1. The van der Waals surface area contributed by atoms with Crippen molar-refractivity contribution in [2.45, 2.75) is 0 Å². The second-order valence-corrected chi connectivity index (χ2v) is 6.87. The molecule has 0 saturated heterocycles. The Morgan fingerprint density at radius 3 is 2.56 bits per heavy atom. The van der Waals surface area contributed by atoms with Crippen molar-refractivity contribution in [1.29, 1.82) is 0 Å². The summed E-state index contributed by atoms with van der Waals surface area (Å²) in [7, 11) is 2.97. The number of carbonyl (C=O) groups excluding carboxylic acids is 1. The quantitative estimate of drug-likeness (QED) is 0.419. The molecule has 4 aromatic rings. The SMILES string of the molecule is COc1cc(OC)c(NC(=O)/C(=C/c2ccco2)n2nnnc2-c2ccccc2)cc1Cl. The largest absolute Gasteiger partial charge is 0.495 e. The highest BCUT2D eigenvalue weighted by Gasteiger charge is 2.22. The summed E-state index contributed by atoms with van der Waals surface area (Å²) in [6.07, 6.45) is 3.04. The molecule has 0 fully saturated rings. The number of hydrogen-bond acceptors (Lipinski definition) is 7. The number of nitrogens with one attached hydrogen (secondary N) is 1. The van der Waals surface area contributed by atoms with Crippen molar-refractivity contribution in [2.75, 3.05) is 19.5 Å².